The van der Waals surface area contributed by atoms with Crippen LogP contribution in [0.3, 0.4) is 0 Å². The van der Waals surface area contributed by atoms with Crippen molar-refractivity contribution in [1.82, 2.24) is 15.2 Å². The lowest BCUT2D eigenvalue weighted by Gasteiger charge is -2.24. The number of ketones is 2. The lowest BCUT2D eigenvalue weighted by molar-refractivity contribution is -0.150. The van der Waals surface area contributed by atoms with Crippen LogP contribution in [-0.4, -0.2) is 73.8 Å². The van der Waals surface area contributed by atoms with Gasteiger partial charge in [-0.25, -0.2) is 4.79 Å². The monoisotopic (exact) mass is 535 g/mol. The van der Waals surface area contributed by atoms with E-state index >= 15 is 0 Å². The summed E-state index contributed by atoms with van der Waals surface area (Å²) in [5.74, 6) is -1.82. The number of benzene rings is 1. The molecule has 204 valence electrons. The Morgan fingerprint density at radius 1 is 1.13 bits per heavy atom. The van der Waals surface area contributed by atoms with Gasteiger partial charge in [-0.2, -0.15) is 0 Å². The molecule has 1 aromatic carbocycles. The van der Waals surface area contributed by atoms with E-state index in [9.17, 15) is 19.2 Å². The number of amides is 1. The number of nitrogens with zero attached hydrogens (tertiary/aromatic N) is 1. The number of hydrogen-bond donors (Lipinski definition) is 2. The molecule has 3 atom stereocenters. The SMILES string of the molecule is C=CC[C@@H]1CN(C(=O)c2cc3cc(OC)c(OC)c(OC)c3[nH]2)C2=CC(=O)C3=C(C(=O)[C@](C)(C(=O)OC)N3)C21. The average molecular weight is 536 g/mol. The third-order valence-corrected chi connectivity index (χ3v) is 7.66. The summed E-state index contributed by atoms with van der Waals surface area (Å²) in [7, 11) is 5.67. The van der Waals surface area contributed by atoms with Crippen LogP contribution in [-0.2, 0) is 19.1 Å². The van der Waals surface area contributed by atoms with Gasteiger partial charge in [0.05, 0.1) is 39.7 Å². The number of aromatic nitrogens is 1. The Bertz CT molecular complexity index is 1520. The van der Waals surface area contributed by atoms with Crippen molar-refractivity contribution < 1.29 is 38.1 Å². The number of carbonyl (C=O) groups is 4. The highest BCUT2D eigenvalue weighted by molar-refractivity contribution is 6.25. The van der Waals surface area contributed by atoms with Crippen molar-refractivity contribution in [3.8, 4) is 17.2 Å². The lowest BCUT2D eigenvalue weighted by Crippen LogP contribution is -2.52. The number of carbonyl (C=O) groups excluding carboxylic acids is 4. The topological polar surface area (TPSA) is 136 Å². The molecule has 3 heterocycles. The van der Waals surface area contributed by atoms with Crippen LogP contribution in [0.5, 0.6) is 17.2 Å². The molecule has 1 aliphatic carbocycles. The first-order valence-electron chi connectivity index (χ1n) is 12.3. The molecule has 1 fully saturated rings. The maximum absolute atomic E-state index is 13.9. The fraction of sp³-hybridized carbons (Fsp3) is 0.357. The van der Waals surface area contributed by atoms with E-state index in [1.165, 1.54) is 46.3 Å². The molecular weight excluding hydrogens is 506 g/mol. The zero-order valence-corrected chi connectivity index (χ0v) is 22.3. The zero-order chi connectivity index (χ0) is 28.2. The number of nitrogens with one attached hydrogen (secondary N) is 2. The van der Waals surface area contributed by atoms with E-state index in [1.807, 2.05) is 0 Å². The molecule has 2 N–H and O–H groups in total. The van der Waals surface area contributed by atoms with Gasteiger partial charge in [0, 0.05) is 35.2 Å². The van der Waals surface area contributed by atoms with Crippen molar-refractivity contribution in [2.45, 2.75) is 18.9 Å². The number of rotatable bonds is 7. The second-order valence-corrected chi connectivity index (χ2v) is 9.76. The number of ether oxygens (including phenoxy) is 4. The van der Waals surface area contributed by atoms with Crippen LogP contribution in [0.25, 0.3) is 10.9 Å². The zero-order valence-electron chi connectivity index (χ0n) is 22.3. The number of Topliss-reactive ketones (excluding diaryl/α,β-unsaturated/α-hetero) is 1. The molecule has 5 rings (SSSR count). The molecule has 11 nitrogen and oxygen atoms in total. The maximum atomic E-state index is 13.9. The number of allylic oxidation sites excluding steroid dienone is 3. The van der Waals surface area contributed by atoms with E-state index in [0.717, 1.165) is 0 Å². The highest BCUT2D eigenvalue weighted by atomic mass is 16.5. The Kier molecular flexibility index (Phi) is 6.24. The molecule has 0 bridgehead atoms. The Labute approximate surface area is 224 Å². The van der Waals surface area contributed by atoms with E-state index in [2.05, 4.69) is 16.9 Å². The number of esters is 1. The Balaban J connectivity index is 1.57. The minimum absolute atomic E-state index is 0.0690. The van der Waals surface area contributed by atoms with Gasteiger partial charge in [-0.1, -0.05) is 6.08 Å². The second-order valence-electron chi connectivity index (χ2n) is 9.76. The van der Waals surface area contributed by atoms with Crippen molar-refractivity contribution in [3.05, 3.63) is 53.5 Å². The number of hydrogen-bond acceptors (Lipinski definition) is 9. The summed E-state index contributed by atoms with van der Waals surface area (Å²) in [5, 5.41) is 3.47. The van der Waals surface area contributed by atoms with Gasteiger partial charge in [-0.05, 0) is 31.4 Å². The second kappa shape index (κ2) is 9.33. The largest absolute Gasteiger partial charge is 0.493 e. The summed E-state index contributed by atoms with van der Waals surface area (Å²) in [6.07, 6.45) is 3.56. The lowest BCUT2D eigenvalue weighted by atomic mass is 9.77. The van der Waals surface area contributed by atoms with Gasteiger partial charge in [0.15, 0.2) is 22.8 Å². The van der Waals surface area contributed by atoms with Gasteiger partial charge >= 0.3 is 5.97 Å². The third-order valence-electron chi connectivity index (χ3n) is 7.66. The Morgan fingerprint density at radius 2 is 1.85 bits per heavy atom. The molecule has 0 radical (unpaired) electrons. The Hall–Kier alpha value is -4.54. The van der Waals surface area contributed by atoms with Crippen LogP contribution < -0.4 is 19.5 Å². The van der Waals surface area contributed by atoms with Crippen molar-refractivity contribution in [2.75, 3.05) is 35.0 Å². The summed E-state index contributed by atoms with van der Waals surface area (Å²) < 4.78 is 21.3. The highest BCUT2D eigenvalue weighted by Crippen LogP contribution is 2.48. The van der Waals surface area contributed by atoms with E-state index < -0.39 is 29.0 Å². The maximum Gasteiger partial charge on any atom is 0.339 e. The minimum atomic E-state index is -1.72. The first kappa shape index (κ1) is 26.1. The summed E-state index contributed by atoms with van der Waals surface area (Å²) in [6, 6.07) is 3.40. The molecule has 11 heteroatoms. The fourth-order valence-electron chi connectivity index (χ4n) is 5.84. The van der Waals surface area contributed by atoms with Gasteiger partial charge < -0.3 is 34.1 Å². The third kappa shape index (κ3) is 3.63. The van der Waals surface area contributed by atoms with Crippen LogP contribution in [0.15, 0.2) is 47.8 Å². The van der Waals surface area contributed by atoms with Gasteiger partial charge in [-0.15, -0.1) is 6.58 Å². The van der Waals surface area contributed by atoms with Gasteiger partial charge in [-0.3, -0.25) is 14.4 Å². The molecule has 2 aromatic rings. The van der Waals surface area contributed by atoms with E-state index in [0.29, 0.717) is 40.3 Å². The molecule has 3 aliphatic rings. The van der Waals surface area contributed by atoms with Gasteiger partial charge in [0.25, 0.3) is 5.91 Å². The van der Waals surface area contributed by atoms with Crippen LogP contribution in [0, 0.1) is 11.8 Å². The molecule has 1 unspecified atom stereocenters. The number of likely N-dealkylation sites (tertiary alicyclic amines) is 1. The number of H-pyrrole nitrogens is 1. The first-order valence-corrected chi connectivity index (χ1v) is 12.3. The first-order chi connectivity index (χ1) is 18.6. The molecule has 1 aromatic heterocycles. The minimum Gasteiger partial charge on any atom is -0.493 e. The van der Waals surface area contributed by atoms with E-state index in [1.54, 1.807) is 18.2 Å². The van der Waals surface area contributed by atoms with Crippen molar-refractivity contribution in [3.63, 3.8) is 0 Å². The number of fused-ring (bicyclic) bond motifs is 3. The summed E-state index contributed by atoms with van der Waals surface area (Å²) in [4.78, 5) is 57.8. The molecule has 0 saturated carbocycles. The summed E-state index contributed by atoms with van der Waals surface area (Å²) >= 11 is 0. The van der Waals surface area contributed by atoms with Crippen LogP contribution in [0.4, 0.5) is 0 Å². The van der Waals surface area contributed by atoms with E-state index in [4.69, 9.17) is 18.9 Å². The normalized spacial score (nSPS) is 23.7. The van der Waals surface area contributed by atoms with Crippen LogP contribution in [0.1, 0.15) is 23.8 Å². The van der Waals surface area contributed by atoms with Gasteiger partial charge in [0.2, 0.25) is 11.5 Å². The highest BCUT2D eigenvalue weighted by Gasteiger charge is 2.58. The van der Waals surface area contributed by atoms with Crippen molar-refractivity contribution in [1.29, 1.82) is 0 Å². The summed E-state index contributed by atoms with van der Waals surface area (Å²) in [6.45, 7) is 5.47. The summed E-state index contributed by atoms with van der Waals surface area (Å²) in [5.41, 5.74) is -0.263. The standard InChI is InChI=1S/C28H29N3O8/c1-7-8-13-12-31(16-11-17(32)22-20(19(13)16)25(33)28(2,30-22)27(35)39-6)26(34)15-9-14-10-18(36-3)23(37-4)24(38-5)21(14)29-15/h7,9-11,13,19,29-30H,1,8,12H2,2-6H3/t13-,19?,28-/m1/s1. The molecule has 1 amide bonds. The van der Waals surface area contributed by atoms with Crippen LogP contribution >= 0.6 is 0 Å². The Morgan fingerprint density at radius 3 is 2.46 bits per heavy atom. The molecule has 1 saturated heterocycles. The molecule has 2 aliphatic heterocycles. The van der Waals surface area contributed by atoms with Crippen LogP contribution in [0.2, 0.25) is 0 Å². The van der Waals surface area contributed by atoms with E-state index in [-0.39, 0.29) is 35.3 Å². The average Bonchev–Trinajstić information content (AvgIpc) is 3.60. The molecular formula is C28H29N3O8. The number of aromatic amines is 1. The fourth-order valence-corrected chi connectivity index (χ4v) is 5.84. The number of methoxy groups -OCH3 is 4. The van der Waals surface area contributed by atoms with Crippen molar-refractivity contribution in [2.24, 2.45) is 11.8 Å². The quantitative estimate of drug-likeness (QED) is 0.311. The van der Waals surface area contributed by atoms with Crippen molar-refractivity contribution >= 4 is 34.3 Å². The predicted molar refractivity (Wildman–Crippen MR) is 139 cm³/mol. The predicted octanol–water partition coefficient (Wildman–Crippen LogP) is 2.28. The molecule has 39 heavy (non-hydrogen) atoms. The van der Waals surface area contributed by atoms with Gasteiger partial charge in [0.1, 0.15) is 5.69 Å². The molecule has 0 spiro atoms. The smallest absolute Gasteiger partial charge is 0.339 e.